The van der Waals surface area contributed by atoms with E-state index in [0.717, 1.165) is 0 Å². The maximum absolute atomic E-state index is 13.0. The van der Waals surface area contributed by atoms with Crippen molar-refractivity contribution in [2.24, 2.45) is 0 Å². The van der Waals surface area contributed by atoms with Crippen molar-refractivity contribution in [3.05, 3.63) is 19.2 Å². The summed E-state index contributed by atoms with van der Waals surface area (Å²) in [5.74, 6) is -1.48. The van der Waals surface area contributed by atoms with E-state index >= 15 is 0 Å². The molecule has 12 heavy (non-hydrogen) atoms. The molecule has 1 aromatic carbocycles. The van der Waals surface area contributed by atoms with Crippen LogP contribution in [0.5, 0.6) is 11.5 Å². The standard InChI is InChI=1S/C6H2Br3FO2/c7-1-4(10)2(8)6(12)3(9)5(1)11/h11-12H. The lowest BCUT2D eigenvalue weighted by Gasteiger charge is -2.06. The maximum Gasteiger partial charge on any atom is 0.159 e. The predicted molar refractivity (Wildman–Crippen MR) is 52.8 cm³/mol. The Morgan fingerprint density at radius 3 is 1.50 bits per heavy atom. The zero-order valence-corrected chi connectivity index (χ0v) is 10.2. The van der Waals surface area contributed by atoms with Crippen LogP contribution in [0.25, 0.3) is 0 Å². The molecule has 0 aromatic heterocycles. The highest BCUT2D eigenvalue weighted by molar-refractivity contribution is 9.11. The molecule has 0 aliphatic rings. The number of benzene rings is 1. The van der Waals surface area contributed by atoms with Gasteiger partial charge in [-0.2, -0.15) is 0 Å². The molecule has 2 N–H and O–H groups in total. The van der Waals surface area contributed by atoms with Crippen molar-refractivity contribution in [2.75, 3.05) is 0 Å². The van der Waals surface area contributed by atoms with Gasteiger partial charge in [-0.1, -0.05) is 0 Å². The molecule has 0 spiro atoms. The van der Waals surface area contributed by atoms with E-state index in [4.69, 9.17) is 0 Å². The number of hydrogen-bond acceptors (Lipinski definition) is 2. The van der Waals surface area contributed by atoms with E-state index in [1.807, 2.05) is 0 Å². The SMILES string of the molecule is Oc1c(Br)c(O)c(Br)c(F)c1Br. The lowest BCUT2D eigenvalue weighted by molar-refractivity contribution is 0.428. The topological polar surface area (TPSA) is 40.5 Å². The van der Waals surface area contributed by atoms with Crippen molar-refractivity contribution in [3.8, 4) is 11.5 Å². The minimum Gasteiger partial charge on any atom is -0.505 e. The number of phenolic OH excluding ortho intramolecular Hbond substituents is 2. The molecule has 1 rings (SSSR count). The van der Waals surface area contributed by atoms with Gasteiger partial charge in [0.15, 0.2) is 17.3 Å². The second-order valence-corrected chi connectivity index (χ2v) is 4.33. The molecule has 1 aromatic rings. The molecule has 0 atom stereocenters. The summed E-state index contributed by atoms with van der Waals surface area (Å²) in [6.45, 7) is 0. The zero-order valence-electron chi connectivity index (χ0n) is 5.41. The average Bonchev–Trinajstić information content (AvgIpc) is 2.08. The molecule has 0 bridgehead atoms. The Bertz CT molecular complexity index is 235. The van der Waals surface area contributed by atoms with Gasteiger partial charge in [0, 0.05) is 0 Å². The molecule has 0 fully saturated rings. The largest absolute Gasteiger partial charge is 0.505 e. The van der Waals surface area contributed by atoms with Gasteiger partial charge in [-0.25, -0.2) is 4.39 Å². The molecule has 0 aliphatic carbocycles. The van der Waals surface area contributed by atoms with E-state index in [1.54, 1.807) is 0 Å². The van der Waals surface area contributed by atoms with Gasteiger partial charge < -0.3 is 10.2 Å². The van der Waals surface area contributed by atoms with Gasteiger partial charge >= 0.3 is 0 Å². The minimum absolute atomic E-state index is 0.0441. The summed E-state index contributed by atoms with van der Waals surface area (Å²) in [7, 11) is 0. The summed E-state index contributed by atoms with van der Waals surface area (Å²) in [4.78, 5) is 0. The third-order valence-corrected chi connectivity index (χ3v) is 3.42. The van der Waals surface area contributed by atoms with Crippen molar-refractivity contribution < 1.29 is 14.6 Å². The lowest BCUT2D eigenvalue weighted by atomic mass is 10.3. The van der Waals surface area contributed by atoms with Gasteiger partial charge in [0.1, 0.15) is 4.47 Å². The average molecular weight is 365 g/mol. The van der Waals surface area contributed by atoms with Crippen LogP contribution in [0, 0.1) is 5.82 Å². The first-order chi connectivity index (χ1) is 5.46. The van der Waals surface area contributed by atoms with Crippen LogP contribution in [0.15, 0.2) is 13.4 Å². The fraction of sp³-hybridized carbons (Fsp3) is 0. The molecule has 0 unspecified atom stereocenters. The monoisotopic (exact) mass is 362 g/mol. The van der Waals surface area contributed by atoms with Crippen LogP contribution in [0.4, 0.5) is 4.39 Å². The Labute approximate surface area is 92.8 Å². The van der Waals surface area contributed by atoms with Crippen LogP contribution in [0.2, 0.25) is 0 Å². The Morgan fingerprint density at radius 1 is 0.833 bits per heavy atom. The van der Waals surface area contributed by atoms with Gasteiger partial charge in [0.2, 0.25) is 0 Å². The summed E-state index contributed by atoms with van der Waals surface area (Å²) in [5.41, 5.74) is 0. The Morgan fingerprint density at radius 2 is 1.17 bits per heavy atom. The molecule has 2 nitrogen and oxygen atoms in total. The Hall–Kier alpha value is 0.190. The second kappa shape index (κ2) is 3.51. The van der Waals surface area contributed by atoms with Crippen molar-refractivity contribution >= 4 is 47.8 Å². The predicted octanol–water partition coefficient (Wildman–Crippen LogP) is 3.52. The van der Waals surface area contributed by atoms with Gasteiger partial charge in [0.05, 0.1) is 8.95 Å². The first-order valence-corrected chi connectivity index (χ1v) is 5.08. The van der Waals surface area contributed by atoms with Crippen LogP contribution in [0.3, 0.4) is 0 Å². The van der Waals surface area contributed by atoms with E-state index < -0.39 is 5.82 Å². The highest BCUT2D eigenvalue weighted by Crippen LogP contribution is 2.45. The first-order valence-electron chi connectivity index (χ1n) is 2.70. The number of hydrogen-bond donors (Lipinski definition) is 2. The molecule has 0 saturated heterocycles. The van der Waals surface area contributed by atoms with Crippen molar-refractivity contribution in [2.45, 2.75) is 0 Å². The third-order valence-electron chi connectivity index (χ3n) is 1.22. The smallest absolute Gasteiger partial charge is 0.159 e. The minimum atomic E-state index is -0.742. The van der Waals surface area contributed by atoms with Crippen LogP contribution >= 0.6 is 47.8 Å². The molecular weight excluding hydrogens is 363 g/mol. The highest BCUT2D eigenvalue weighted by Gasteiger charge is 2.19. The first kappa shape index (κ1) is 10.3. The van der Waals surface area contributed by atoms with Gasteiger partial charge in [0.25, 0.3) is 0 Å². The highest BCUT2D eigenvalue weighted by atomic mass is 79.9. The molecule has 0 saturated carbocycles. The quantitative estimate of drug-likeness (QED) is 0.546. The van der Waals surface area contributed by atoms with E-state index in [-0.39, 0.29) is 24.9 Å². The van der Waals surface area contributed by atoms with E-state index in [1.165, 1.54) is 0 Å². The molecular formula is C6H2Br3FO2. The third kappa shape index (κ3) is 1.47. The Balaban J connectivity index is 3.60. The maximum atomic E-state index is 13.0. The van der Waals surface area contributed by atoms with Gasteiger partial charge in [-0.3, -0.25) is 0 Å². The van der Waals surface area contributed by atoms with Crippen molar-refractivity contribution in [1.29, 1.82) is 0 Å². The Kier molecular flexibility index (Phi) is 3.01. The fourth-order valence-electron chi connectivity index (χ4n) is 0.609. The van der Waals surface area contributed by atoms with E-state index in [0.29, 0.717) is 0 Å². The van der Waals surface area contributed by atoms with E-state index in [2.05, 4.69) is 47.8 Å². The van der Waals surface area contributed by atoms with Gasteiger partial charge in [-0.05, 0) is 47.8 Å². The van der Waals surface area contributed by atoms with Crippen LogP contribution in [0.1, 0.15) is 0 Å². The molecule has 0 amide bonds. The lowest BCUT2D eigenvalue weighted by Crippen LogP contribution is -1.84. The number of rotatable bonds is 0. The molecule has 0 aliphatic heterocycles. The molecule has 0 radical (unpaired) electrons. The molecule has 0 heterocycles. The zero-order chi connectivity index (χ0) is 9.46. The van der Waals surface area contributed by atoms with E-state index in [9.17, 15) is 14.6 Å². The second-order valence-electron chi connectivity index (χ2n) is 1.95. The summed E-state index contributed by atoms with van der Waals surface area (Å²) >= 11 is 8.53. The summed E-state index contributed by atoms with van der Waals surface area (Å²) < 4.78 is 12.8. The number of aromatic hydroxyl groups is 2. The summed E-state index contributed by atoms with van der Waals surface area (Å²) in [6, 6.07) is 0. The molecule has 6 heteroatoms. The van der Waals surface area contributed by atoms with Gasteiger partial charge in [-0.15, -0.1) is 0 Å². The van der Waals surface area contributed by atoms with Crippen LogP contribution in [-0.4, -0.2) is 10.2 Å². The number of halogens is 4. The number of phenols is 2. The summed E-state index contributed by atoms with van der Waals surface area (Å²) in [5, 5.41) is 18.4. The summed E-state index contributed by atoms with van der Waals surface area (Å²) in [6.07, 6.45) is 0. The van der Waals surface area contributed by atoms with Crippen molar-refractivity contribution in [1.82, 2.24) is 0 Å². The van der Waals surface area contributed by atoms with Crippen molar-refractivity contribution in [3.63, 3.8) is 0 Å². The normalized spacial score (nSPS) is 10.3. The van der Waals surface area contributed by atoms with Crippen LogP contribution < -0.4 is 0 Å². The molecule has 66 valence electrons. The fourth-order valence-corrected chi connectivity index (χ4v) is 2.60. The van der Waals surface area contributed by atoms with Crippen LogP contribution in [-0.2, 0) is 0 Å².